The molecule has 6 amide bonds. The van der Waals surface area contributed by atoms with Gasteiger partial charge in [-0.25, -0.2) is 0 Å². The van der Waals surface area contributed by atoms with E-state index in [1.54, 1.807) is 12.1 Å². The predicted molar refractivity (Wildman–Crippen MR) is 196 cm³/mol. The summed E-state index contributed by atoms with van der Waals surface area (Å²) in [4.78, 5) is 84.7. The van der Waals surface area contributed by atoms with E-state index in [-0.39, 0.29) is 55.9 Å². The van der Waals surface area contributed by atoms with E-state index >= 15 is 0 Å². The highest BCUT2D eigenvalue weighted by Crippen LogP contribution is 2.21. The van der Waals surface area contributed by atoms with Crippen molar-refractivity contribution < 1.29 is 33.9 Å². The van der Waals surface area contributed by atoms with Gasteiger partial charge in [-0.1, -0.05) is 39.8 Å². The van der Waals surface area contributed by atoms with E-state index in [4.69, 9.17) is 22.9 Å². The molecule has 0 unspecified atom stereocenters. The SMILES string of the molecule is CC(C)C[C@H](NC(=O)[C@H](CCCN=C(N)N)NC(=O)[C@@H]1CCCN1C(=O)[C@H](Cc1ccc(O)cc1)NC(=O)[C@H](C)NC(=O)[C@@H](N)CC(C)C)C(N)=O. The number of phenolic OH excluding ortho intramolecular Hbond substituents is 1. The van der Waals surface area contributed by atoms with Gasteiger partial charge < -0.3 is 54.2 Å². The molecule has 0 aliphatic carbocycles. The average molecular weight is 731 g/mol. The Morgan fingerprint density at radius 3 is 2.02 bits per heavy atom. The van der Waals surface area contributed by atoms with E-state index in [9.17, 15) is 33.9 Å². The number of likely N-dealkylation sites (tertiary alicyclic amines) is 1. The van der Waals surface area contributed by atoms with E-state index in [1.165, 1.54) is 24.0 Å². The van der Waals surface area contributed by atoms with Crippen molar-refractivity contribution in [2.45, 2.75) is 116 Å². The van der Waals surface area contributed by atoms with Crippen molar-refractivity contribution >= 4 is 41.4 Å². The standard InChI is InChI=1S/C35H58N10O7/c1-19(2)16-24(36)31(49)41-21(5)30(48)44-27(18-22-10-12-23(46)13-11-22)34(52)45-15-7-9-28(45)33(51)42-25(8-6-14-40-35(38)39)32(50)43-26(29(37)47)17-20(3)4/h10-13,19-21,24-28,46H,6-9,14-18,36H2,1-5H3,(H2,37,47)(H,41,49)(H,42,51)(H,43,50)(H,44,48)(H4,38,39,40)/t21-,24-,25-,26-,27-,28-/m0/s1. The normalized spacial score (nSPS) is 17.0. The first-order valence-corrected chi connectivity index (χ1v) is 17.8. The second-order valence-corrected chi connectivity index (χ2v) is 14.2. The van der Waals surface area contributed by atoms with Gasteiger partial charge in [-0.2, -0.15) is 0 Å². The molecular formula is C35H58N10O7. The number of nitrogens with zero attached hydrogens (tertiary/aromatic N) is 2. The maximum atomic E-state index is 14.2. The van der Waals surface area contributed by atoms with Crippen molar-refractivity contribution in [1.29, 1.82) is 0 Å². The molecule has 17 nitrogen and oxygen atoms in total. The molecule has 1 aliphatic rings. The van der Waals surface area contributed by atoms with E-state index in [0.717, 1.165) is 0 Å². The van der Waals surface area contributed by atoms with Crippen molar-refractivity contribution in [3.8, 4) is 5.75 Å². The van der Waals surface area contributed by atoms with Crippen LogP contribution in [0.15, 0.2) is 29.3 Å². The van der Waals surface area contributed by atoms with Gasteiger partial charge in [0.25, 0.3) is 0 Å². The first-order valence-electron chi connectivity index (χ1n) is 17.8. The number of primary amides is 1. The summed E-state index contributed by atoms with van der Waals surface area (Å²) >= 11 is 0. The van der Waals surface area contributed by atoms with Gasteiger partial charge in [-0.15, -0.1) is 0 Å². The van der Waals surface area contributed by atoms with Crippen LogP contribution >= 0.6 is 0 Å². The summed E-state index contributed by atoms with van der Waals surface area (Å²) in [7, 11) is 0. The number of guanidine groups is 1. The number of phenols is 1. The lowest BCUT2D eigenvalue weighted by Crippen LogP contribution is -2.59. The number of amides is 6. The molecule has 17 heteroatoms. The van der Waals surface area contributed by atoms with Gasteiger partial charge in [-0.05, 0) is 75.0 Å². The van der Waals surface area contributed by atoms with Crippen LogP contribution in [0, 0.1) is 11.8 Å². The topological polar surface area (TPSA) is 290 Å². The van der Waals surface area contributed by atoms with Crippen molar-refractivity contribution in [2.75, 3.05) is 13.1 Å². The monoisotopic (exact) mass is 730 g/mol. The number of hydrogen-bond donors (Lipinski definition) is 9. The van der Waals surface area contributed by atoms with Gasteiger partial charge in [-0.3, -0.25) is 33.8 Å². The Hall–Kier alpha value is -4.93. The molecule has 6 atom stereocenters. The van der Waals surface area contributed by atoms with Gasteiger partial charge in [0.2, 0.25) is 35.4 Å². The van der Waals surface area contributed by atoms with Crippen LogP contribution in [0.25, 0.3) is 0 Å². The largest absolute Gasteiger partial charge is 0.508 e. The number of carbonyl (C=O) groups excluding carboxylic acids is 6. The van der Waals surface area contributed by atoms with Crippen LogP contribution in [0.2, 0.25) is 0 Å². The number of benzene rings is 1. The first kappa shape index (κ1) is 43.2. The highest BCUT2D eigenvalue weighted by molar-refractivity contribution is 5.97. The quantitative estimate of drug-likeness (QED) is 0.0441. The molecule has 2 rings (SSSR count). The zero-order valence-corrected chi connectivity index (χ0v) is 30.9. The van der Waals surface area contributed by atoms with Crippen molar-refractivity contribution in [1.82, 2.24) is 26.2 Å². The van der Waals surface area contributed by atoms with Crippen LogP contribution in [0.4, 0.5) is 0 Å². The summed E-state index contributed by atoms with van der Waals surface area (Å²) in [5.41, 5.74) is 23.0. The minimum absolute atomic E-state index is 0.0173. The Morgan fingerprint density at radius 2 is 1.44 bits per heavy atom. The smallest absolute Gasteiger partial charge is 0.246 e. The minimum Gasteiger partial charge on any atom is -0.508 e. The second kappa shape index (κ2) is 20.8. The second-order valence-electron chi connectivity index (χ2n) is 14.2. The molecule has 1 saturated heterocycles. The molecule has 0 saturated carbocycles. The van der Waals surface area contributed by atoms with Crippen LogP contribution in [-0.4, -0.2) is 101 Å². The Bertz CT molecular complexity index is 1410. The Morgan fingerprint density at radius 1 is 0.827 bits per heavy atom. The fourth-order valence-corrected chi connectivity index (χ4v) is 5.90. The maximum Gasteiger partial charge on any atom is 0.246 e. The number of aliphatic imine (C=N–C) groups is 1. The van der Waals surface area contributed by atoms with Gasteiger partial charge >= 0.3 is 0 Å². The van der Waals surface area contributed by atoms with Crippen LogP contribution < -0.4 is 44.2 Å². The van der Waals surface area contributed by atoms with Crippen LogP contribution in [0.3, 0.4) is 0 Å². The molecule has 1 heterocycles. The fourth-order valence-electron chi connectivity index (χ4n) is 5.90. The highest BCUT2D eigenvalue weighted by Gasteiger charge is 2.39. The number of carbonyl (C=O) groups is 6. The molecule has 290 valence electrons. The van der Waals surface area contributed by atoms with Crippen molar-refractivity contribution in [3.63, 3.8) is 0 Å². The van der Waals surface area contributed by atoms with Gasteiger partial charge in [0.15, 0.2) is 5.96 Å². The van der Waals surface area contributed by atoms with Crippen molar-refractivity contribution in [3.05, 3.63) is 29.8 Å². The lowest BCUT2D eigenvalue weighted by molar-refractivity contribution is -0.142. The van der Waals surface area contributed by atoms with Crippen LogP contribution in [0.1, 0.15) is 78.7 Å². The summed E-state index contributed by atoms with van der Waals surface area (Å²) in [5, 5.41) is 20.5. The highest BCUT2D eigenvalue weighted by atomic mass is 16.3. The molecule has 1 aliphatic heterocycles. The van der Waals surface area contributed by atoms with E-state index in [2.05, 4.69) is 26.3 Å². The summed E-state index contributed by atoms with van der Waals surface area (Å²) in [5.74, 6) is -3.52. The predicted octanol–water partition coefficient (Wildman–Crippen LogP) is -1.16. The molecule has 1 fully saturated rings. The summed E-state index contributed by atoms with van der Waals surface area (Å²) < 4.78 is 0. The Balaban J connectivity index is 2.30. The number of nitrogens with one attached hydrogen (secondary N) is 4. The lowest BCUT2D eigenvalue weighted by Gasteiger charge is -2.31. The number of aromatic hydroxyl groups is 1. The number of rotatable bonds is 20. The Kier molecular flexibility index (Phi) is 17.3. The molecule has 13 N–H and O–H groups in total. The molecule has 52 heavy (non-hydrogen) atoms. The number of hydrogen-bond acceptors (Lipinski definition) is 9. The van der Waals surface area contributed by atoms with Crippen LogP contribution in [0.5, 0.6) is 5.75 Å². The van der Waals surface area contributed by atoms with Crippen molar-refractivity contribution in [2.24, 2.45) is 39.8 Å². The third-order valence-electron chi connectivity index (χ3n) is 8.59. The molecule has 1 aromatic carbocycles. The minimum atomic E-state index is -1.15. The third-order valence-corrected chi connectivity index (χ3v) is 8.59. The molecule has 0 aromatic heterocycles. The van der Waals surface area contributed by atoms with E-state index < -0.39 is 71.7 Å². The summed E-state index contributed by atoms with van der Waals surface area (Å²) in [6.07, 6.45) is 1.92. The van der Waals surface area contributed by atoms with Crippen LogP contribution in [-0.2, 0) is 35.2 Å². The summed E-state index contributed by atoms with van der Waals surface area (Å²) in [6, 6.07) is 0.0713. The lowest BCUT2D eigenvalue weighted by atomic mass is 10.0. The van der Waals surface area contributed by atoms with E-state index in [1.807, 2.05) is 27.7 Å². The fraction of sp³-hybridized carbons (Fsp3) is 0.629. The molecule has 0 radical (unpaired) electrons. The molecular weight excluding hydrogens is 672 g/mol. The van der Waals surface area contributed by atoms with Gasteiger partial charge in [0.1, 0.15) is 36.0 Å². The first-order chi connectivity index (χ1) is 24.4. The molecule has 1 aromatic rings. The average Bonchev–Trinajstić information content (AvgIpc) is 3.55. The zero-order valence-electron chi connectivity index (χ0n) is 30.9. The van der Waals surface area contributed by atoms with Gasteiger partial charge in [0, 0.05) is 19.5 Å². The Labute approximate surface area is 305 Å². The maximum absolute atomic E-state index is 14.2. The summed E-state index contributed by atoms with van der Waals surface area (Å²) in [6.45, 7) is 9.46. The van der Waals surface area contributed by atoms with E-state index in [0.29, 0.717) is 31.2 Å². The molecule has 0 spiro atoms. The van der Waals surface area contributed by atoms with Gasteiger partial charge in [0.05, 0.1) is 6.04 Å². The molecule has 0 bridgehead atoms. The zero-order chi connectivity index (χ0) is 39.1. The third kappa shape index (κ3) is 14.4. The number of nitrogens with two attached hydrogens (primary N) is 4.